The Morgan fingerprint density at radius 3 is 2.39 bits per heavy atom. The third kappa shape index (κ3) is 7.53. The number of aliphatic imine (C=N–C) groups is 1. The molecular formula is C19H36N6O3. The highest BCUT2D eigenvalue weighted by atomic mass is 16.5. The minimum atomic E-state index is -0.553. The van der Waals surface area contributed by atoms with Crippen LogP contribution in [-0.2, 0) is 9.53 Å². The minimum Gasteiger partial charge on any atom is -0.465 e. The molecule has 3 unspecified atom stereocenters. The average molecular weight is 397 g/mol. The van der Waals surface area contributed by atoms with E-state index < -0.39 is 6.04 Å². The van der Waals surface area contributed by atoms with Gasteiger partial charge in [-0.1, -0.05) is 0 Å². The number of nitrogens with zero attached hydrogens (tertiary/aromatic N) is 1. The van der Waals surface area contributed by atoms with Crippen molar-refractivity contribution in [2.45, 2.75) is 88.9 Å². The molecule has 0 heterocycles. The van der Waals surface area contributed by atoms with Gasteiger partial charge in [0.1, 0.15) is 6.04 Å². The summed E-state index contributed by atoms with van der Waals surface area (Å²) in [6.45, 7) is 2.13. The van der Waals surface area contributed by atoms with Gasteiger partial charge in [-0.2, -0.15) is 0 Å². The molecule has 0 aromatic carbocycles. The van der Waals surface area contributed by atoms with Gasteiger partial charge >= 0.3 is 12.0 Å². The van der Waals surface area contributed by atoms with Gasteiger partial charge in [0.25, 0.3) is 0 Å². The second-order valence-corrected chi connectivity index (χ2v) is 8.00. The maximum Gasteiger partial charge on any atom is 0.322 e. The van der Waals surface area contributed by atoms with E-state index in [1.165, 1.54) is 0 Å². The van der Waals surface area contributed by atoms with Gasteiger partial charge in [-0.05, 0) is 70.6 Å². The molecule has 2 rings (SSSR count). The number of rotatable bonds is 7. The highest BCUT2D eigenvalue weighted by molar-refractivity contribution is 5.76. The van der Waals surface area contributed by atoms with E-state index >= 15 is 0 Å². The molecule has 0 bridgehead atoms. The molecule has 9 heteroatoms. The Morgan fingerprint density at radius 2 is 1.75 bits per heavy atom. The van der Waals surface area contributed by atoms with Crippen LogP contribution in [0, 0.1) is 5.92 Å². The first kappa shape index (κ1) is 22.3. The number of carbonyl (C=O) groups excluding carboxylic acids is 2. The van der Waals surface area contributed by atoms with Crippen molar-refractivity contribution < 1.29 is 14.3 Å². The summed E-state index contributed by atoms with van der Waals surface area (Å²) in [5, 5.41) is 6.14. The van der Waals surface area contributed by atoms with Gasteiger partial charge in [0, 0.05) is 12.1 Å². The summed E-state index contributed by atoms with van der Waals surface area (Å²) in [7, 11) is 0. The lowest BCUT2D eigenvalue weighted by atomic mass is 9.82. The Morgan fingerprint density at radius 1 is 1.07 bits per heavy atom. The smallest absolute Gasteiger partial charge is 0.322 e. The molecule has 0 aromatic heterocycles. The van der Waals surface area contributed by atoms with Gasteiger partial charge in [0.05, 0.1) is 12.6 Å². The monoisotopic (exact) mass is 396 g/mol. The maximum absolute atomic E-state index is 12.3. The average Bonchev–Trinajstić information content (AvgIpc) is 2.63. The van der Waals surface area contributed by atoms with Crippen molar-refractivity contribution in [2.75, 3.05) is 6.61 Å². The van der Waals surface area contributed by atoms with E-state index in [9.17, 15) is 9.59 Å². The molecule has 0 spiro atoms. The molecule has 2 aliphatic carbocycles. The Kier molecular flexibility index (Phi) is 8.82. The van der Waals surface area contributed by atoms with Gasteiger partial charge in [-0.3, -0.25) is 9.79 Å². The van der Waals surface area contributed by atoms with Crippen LogP contribution in [0.15, 0.2) is 4.99 Å². The first-order valence-electron chi connectivity index (χ1n) is 10.4. The van der Waals surface area contributed by atoms with Gasteiger partial charge in [-0.15, -0.1) is 0 Å². The number of nitrogens with two attached hydrogens (primary N) is 3. The highest BCUT2D eigenvalue weighted by Crippen LogP contribution is 2.28. The third-order valence-electron chi connectivity index (χ3n) is 5.67. The zero-order valence-electron chi connectivity index (χ0n) is 16.9. The van der Waals surface area contributed by atoms with E-state index in [1.54, 1.807) is 6.92 Å². The number of nitrogens with one attached hydrogen (secondary N) is 2. The van der Waals surface area contributed by atoms with Crippen molar-refractivity contribution in [1.29, 1.82) is 0 Å². The fourth-order valence-electron chi connectivity index (χ4n) is 4.28. The van der Waals surface area contributed by atoms with Crippen LogP contribution in [0.4, 0.5) is 4.79 Å². The molecule has 2 saturated carbocycles. The lowest BCUT2D eigenvalue weighted by molar-refractivity contribution is -0.145. The summed E-state index contributed by atoms with van der Waals surface area (Å²) in [5.74, 6) is 0.183. The Labute approximate surface area is 167 Å². The van der Waals surface area contributed by atoms with Crippen molar-refractivity contribution in [3.05, 3.63) is 0 Å². The third-order valence-corrected chi connectivity index (χ3v) is 5.67. The largest absolute Gasteiger partial charge is 0.465 e. The lowest BCUT2D eigenvalue weighted by Gasteiger charge is -2.32. The number of hydrogen-bond donors (Lipinski definition) is 5. The summed E-state index contributed by atoms with van der Waals surface area (Å²) in [4.78, 5) is 28.2. The van der Waals surface area contributed by atoms with Gasteiger partial charge in [0.15, 0.2) is 5.96 Å². The number of guanidine groups is 1. The van der Waals surface area contributed by atoms with Gasteiger partial charge < -0.3 is 32.6 Å². The van der Waals surface area contributed by atoms with Crippen molar-refractivity contribution in [1.82, 2.24) is 10.6 Å². The number of ether oxygens (including phenoxy) is 1. The molecule has 2 fully saturated rings. The standard InChI is InChI=1S/C19H36N6O3/c1-2-28-17(26)16(20)10-12-6-8-13(9-7-12)24-19(27)25-15-5-3-4-14(11-15)23-18(21)22/h12-16H,2-11,20H2,1H3,(H4,21,22,23)(H2,24,25,27). The summed E-state index contributed by atoms with van der Waals surface area (Å²) >= 11 is 0. The van der Waals surface area contributed by atoms with E-state index in [4.69, 9.17) is 21.9 Å². The molecule has 0 radical (unpaired) electrons. The zero-order valence-corrected chi connectivity index (χ0v) is 16.9. The van der Waals surface area contributed by atoms with Crippen molar-refractivity contribution in [2.24, 2.45) is 28.1 Å². The van der Waals surface area contributed by atoms with Crippen molar-refractivity contribution >= 4 is 18.0 Å². The van der Waals surface area contributed by atoms with Crippen molar-refractivity contribution in [3.8, 4) is 0 Å². The number of amides is 2. The van der Waals surface area contributed by atoms with Gasteiger partial charge in [-0.25, -0.2) is 4.79 Å². The molecule has 2 amide bonds. The molecule has 9 nitrogen and oxygen atoms in total. The van der Waals surface area contributed by atoms with Crippen LogP contribution >= 0.6 is 0 Å². The second kappa shape index (κ2) is 11.1. The topological polar surface area (TPSA) is 158 Å². The minimum absolute atomic E-state index is 0.0862. The van der Waals surface area contributed by atoms with E-state index in [-0.39, 0.29) is 36.1 Å². The number of hydrogen-bond acceptors (Lipinski definition) is 5. The Bertz CT molecular complexity index is 544. The molecule has 0 saturated heterocycles. The molecule has 160 valence electrons. The first-order chi connectivity index (χ1) is 13.4. The van der Waals surface area contributed by atoms with Crippen molar-refractivity contribution in [3.63, 3.8) is 0 Å². The number of esters is 1. The Hall–Kier alpha value is -2.03. The molecule has 8 N–H and O–H groups in total. The molecular weight excluding hydrogens is 360 g/mol. The quantitative estimate of drug-likeness (QED) is 0.242. The van der Waals surface area contributed by atoms with Gasteiger partial charge in [0.2, 0.25) is 0 Å². The summed E-state index contributed by atoms with van der Waals surface area (Å²) in [6, 6.07) is -0.333. The maximum atomic E-state index is 12.3. The van der Waals surface area contributed by atoms with Crippen LogP contribution < -0.4 is 27.8 Å². The summed E-state index contributed by atoms with van der Waals surface area (Å²) in [5.41, 5.74) is 16.8. The molecule has 28 heavy (non-hydrogen) atoms. The number of carbonyl (C=O) groups is 2. The lowest BCUT2D eigenvalue weighted by Crippen LogP contribution is -2.49. The highest BCUT2D eigenvalue weighted by Gasteiger charge is 2.28. The van der Waals surface area contributed by atoms with Crippen LogP contribution in [0.2, 0.25) is 0 Å². The normalized spacial score (nSPS) is 28.6. The van der Waals surface area contributed by atoms with Crippen LogP contribution in [-0.4, -0.2) is 48.7 Å². The fraction of sp³-hybridized carbons (Fsp3) is 0.842. The predicted octanol–water partition coefficient (Wildman–Crippen LogP) is 0.710. The van der Waals surface area contributed by atoms with Crippen LogP contribution in [0.25, 0.3) is 0 Å². The zero-order chi connectivity index (χ0) is 20.5. The molecule has 0 aliphatic heterocycles. The SMILES string of the molecule is CCOC(=O)C(N)CC1CCC(NC(=O)NC2CCCC(N=C(N)N)C2)CC1. The summed E-state index contributed by atoms with van der Waals surface area (Å²) < 4.78 is 4.97. The molecule has 2 aliphatic rings. The van der Waals surface area contributed by atoms with E-state index in [1.807, 2.05) is 0 Å². The van der Waals surface area contributed by atoms with E-state index in [0.29, 0.717) is 18.9 Å². The van der Waals surface area contributed by atoms with E-state index in [2.05, 4.69) is 15.6 Å². The summed E-state index contributed by atoms with van der Waals surface area (Å²) in [6.07, 6.45) is 8.01. The van der Waals surface area contributed by atoms with Crippen LogP contribution in [0.1, 0.15) is 64.7 Å². The van der Waals surface area contributed by atoms with Crippen LogP contribution in [0.3, 0.4) is 0 Å². The number of urea groups is 1. The fourth-order valence-corrected chi connectivity index (χ4v) is 4.28. The second-order valence-electron chi connectivity index (χ2n) is 8.00. The molecule has 0 aromatic rings. The first-order valence-corrected chi connectivity index (χ1v) is 10.4. The predicted molar refractivity (Wildman–Crippen MR) is 108 cm³/mol. The van der Waals surface area contributed by atoms with Crippen LogP contribution in [0.5, 0.6) is 0 Å². The Balaban J connectivity index is 1.67. The molecule has 3 atom stereocenters. The van der Waals surface area contributed by atoms with E-state index in [0.717, 1.165) is 51.4 Å².